The summed E-state index contributed by atoms with van der Waals surface area (Å²) in [6.45, 7) is 0.547. The van der Waals surface area contributed by atoms with Crippen molar-refractivity contribution in [3.05, 3.63) is 0 Å². The summed E-state index contributed by atoms with van der Waals surface area (Å²) in [5, 5.41) is 0. The zero-order valence-corrected chi connectivity index (χ0v) is 5.59. The third-order valence-corrected chi connectivity index (χ3v) is 1.87. The number of ether oxygens (including phenoxy) is 2. The van der Waals surface area contributed by atoms with Crippen LogP contribution < -0.4 is 0 Å². The van der Waals surface area contributed by atoms with Crippen molar-refractivity contribution in [1.29, 1.82) is 0 Å². The molecule has 58 valence electrons. The van der Waals surface area contributed by atoms with E-state index in [0.29, 0.717) is 0 Å². The highest BCUT2D eigenvalue weighted by molar-refractivity contribution is 7.82. The van der Waals surface area contributed by atoms with E-state index in [1.807, 2.05) is 0 Å². The van der Waals surface area contributed by atoms with Crippen LogP contribution in [-0.2, 0) is 28.2 Å². The fourth-order valence-electron chi connectivity index (χ4n) is 0.727. The van der Waals surface area contributed by atoms with Crippen molar-refractivity contribution in [2.24, 2.45) is 0 Å². The Bertz CT molecular complexity index is 222. The Labute approximate surface area is 57.0 Å². The van der Waals surface area contributed by atoms with E-state index < -0.39 is 16.6 Å². The lowest BCUT2D eigenvalue weighted by Gasteiger charge is -2.31. The lowest BCUT2D eigenvalue weighted by Crippen LogP contribution is -2.51. The Morgan fingerprint density at radius 3 is 2.00 bits per heavy atom. The minimum absolute atomic E-state index is 0.273. The monoisotopic (exact) mass is 168 g/mol. The summed E-state index contributed by atoms with van der Waals surface area (Å²) in [6, 6.07) is 0. The maximum Gasteiger partial charge on any atom is 0.445 e. The zero-order valence-electron chi connectivity index (χ0n) is 4.77. The van der Waals surface area contributed by atoms with Crippen LogP contribution in [0.25, 0.3) is 0 Å². The summed E-state index contributed by atoms with van der Waals surface area (Å²) in [6.07, 6.45) is -1.74. The molecule has 0 atom stereocenters. The predicted molar refractivity (Wildman–Crippen MR) is 25.7 cm³/mol. The SMILES string of the molecule is O=S1(=O)OC2(OCCO2)O1. The molecule has 10 heavy (non-hydrogen) atoms. The number of hydrogen-bond donors (Lipinski definition) is 0. The molecule has 6 nitrogen and oxygen atoms in total. The van der Waals surface area contributed by atoms with Gasteiger partial charge in [-0.2, -0.15) is 16.8 Å². The van der Waals surface area contributed by atoms with E-state index in [-0.39, 0.29) is 13.2 Å². The van der Waals surface area contributed by atoms with Crippen molar-refractivity contribution in [2.45, 2.75) is 6.16 Å². The first-order valence-corrected chi connectivity index (χ1v) is 3.89. The first kappa shape index (κ1) is 6.50. The van der Waals surface area contributed by atoms with Crippen LogP contribution in [0.3, 0.4) is 0 Å². The summed E-state index contributed by atoms with van der Waals surface area (Å²) in [4.78, 5) is 0. The van der Waals surface area contributed by atoms with Gasteiger partial charge in [-0.25, -0.2) is 0 Å². The summed E-state index contributed by atoms with van der Waals surface area (Å²) in [5.74, 6) is 0. The van der Waals surface area contributed by atoms with Gasteiger partial charge in [-0.15, -0.1) is 0 Å². The van der Waals surface area contributed by atoms with Crippen LogP contribution >= 0.6 is 0 Å². The van der Waals surface area contributed by atoms with Gasteiger partial charge in [0.1, 0.15) is 0 Å². The van der Waals surface area contributed by atoms with Gasteiger partial charge >= 0.3 is 16.6 Å². The summed E-state index contributed by atoms with van der Waals surface area (Å²) in [7, 11) is -3.82. The molecule has 2 fully saturated rings. The van der Waals surface area contributed by atoms with Gasteiger partial charge in [0, 0.05) is 0 Å². The summed E-state index contributed by atoms with van der Waals surface area (Å²) < 4.78 is 38.2. The highest BCUT2D eigenvalue weighted by Gasteiger charge is 2.58. The van der Waals surface area contributed by atoms with Gasteiger partial charge in [0.25, 0.3) is 0 Å². The van der Waals surface area contributed by atoms with E-state index in [2.05, 4.69) is 17.8 Å². The topological polar surface area (TPSA) is 71.1 Å². The molecule has 0 N–H and O–H groups in total. The first-order valence-electron chi connectivity index (χ1n) is 2.56. The van der Waals surface area contributed by atoms with Gasteiger partial charge < -0.3 is 0 Å². The van der Waals surface area contributed by atoms with Crippen molar-refractivity contribution in [1.82, 2.24) is 0 Å². The van der Waals surface area contributed by atoms with Crippen molar-refractivity contribution >= 4 is 10.4 Å². The zero-order chi connectivity index (χ0) is 7.24. The van der Waals surface area contributed by atoms with Crippen LogP contribution in [0, 0.1) is 0 Å². The third kappa shape index (κ3) is 0.831. The quantitative estimate of drug-likeness (QED) is 0.459. The molecule has 0 saturated carbocycles. The highest BCUT2D eigenvalue weighted by Crippen LogP contribution is 2.35. The average molecular weight is 168 g/mol. The molecule has 7 heteroatoms. The van der Waals surface area contributed by atoms with Gasteiger partial charge in [0.15, 0.2) is 0 Å². The fraction of sp³-hybridized carbons (Fsp3) is 1.00. The van der Waals surface area contributed by atoms with Crippen LogP contribution in [-0.4, -0.2) is 27.8 Å². The Kier molecular flexibility index (Phi) is 1.10. The molecule has 1 spiro atoms. The second-order valence-electron chi connectivity index (χ2n) is 1.77. The molecule has 2 heterocycles. The van der Waals surface area contributed by atoms with E-state index in [1.165, 1.54) is 0 Å². The Balaban J connectivity index is 2.12. The molecule has 2 aliphatic rings. The molecule has 2 aliphatic heterocycles. The van der Waals surface area contributed by atoms with Crippen molar-refractivity contribution in [3.8, 4) is 0 Å². The normalized spacial score (nSPS) is 34.0. The number of hydrogen-bond acceptors (Lipinski definition) is 6. The molecule has 0 bridgehead atoms. The first-order chi connectivity index (χ1) is 4.62. The molecular weight excluding hydrogens is 164 g/mol. The highest BCUT2D eigenvalue weighted by atomic mass is 32.3. The molecule has 2 saturated heterocycles. The molecule has 0 aromatic heterocycles. The van der Waals surface area contributed by atoms with Crippen LogP contribution in [0.5, 0.6) is 0 Å². The van der Waals surface area contributed by atoms with Gasteiger partial charge in [-0.1, -0.05) is 0 Å². The second-order valence-corrected chi connectivity index (χ2v) is 2.92. The standard InChI is InChI=1S/C3H4O6S/c4-10(5)8-3(9-10)6-1-2-7-3/h1-2H2. The van der Waals surface area contributed by atoms with Crippen LogP contribution in [0.15, 0.2) is 0 Å². The van der Waals surface area contributed by atoms with E-state index in [4.69, 9.17) is 0 Å². The van der Waals surface area contributed by atoms with Crippen LogP contribution in [0.1, 0.15) is 0 Å². The molecule has 0 unspecified atom stereocenters. The Morgan fingerprint density at radius 1 is 1.10 bits per heavy atom. The fourth-order valence-corrected chi connectivity index (χ4v) is 1.43. The number of rotatable bonds is 0. The average Bonchev–Trinajstić information content (AvgIpc) is 2.10. The third-order valence-electron chi connectivity index (χ3n) is 1.05. The van der Waals surface area contributed by atoms with Crippen molar-refractivity contribution in [2.75, 3.05) is 13.2 Å². The maximum atomic E-state index is 10.2. The van der Waals surface area contributed by atoms with Gasteiger partial charge in [-0.05, 0) is 0 Å². The minimum Gasteiger partial charge on any atom is -0.299 e. The molecule has 0 aliphatic carbocycles. The van der Waals surface area contributed by atoms with Gasteiger partial charge in [-0.3, -0.25) is 9.47 Å². The molecule has 0 radical (unpaired) electrons. The second kappa shape index (κ2) is 1.69. The van der Waals surface area contributed by atoms with Crippen LogP contribution in [0.2, 0.25) is 0 Å². The van der Waals surface area contributed by atoms with Gasteiger partial charge in [0.05, 0.1) is 13.2 Å². The molecule has 2 rings (SSSR count). The smallest absolute Gasteiger partial charge is 0.299 e. The van der Waals surface area contributed by atoms with Gasteiger partial charge in [0.2, 0.25) is 0 Å². The molecular formula is C3H4O6S. The predicted octanol–water partition coefficient (Wildman–Crippen LogP) is -1.06. The van der Waals surface area contributed by atoms with E-state index in [0.717, 1.165) is 0 Å². The van der Waals surface area contributed by atoms with E-state index in [9.17, 15) is 8.42 Å². The van der Waals surface area contributed by atoms with E-state index >= 15 is 0 Å². The summed E-state index contributed by atoms with van der Waals surface area (Å²) >= 11 is 0. The molecule has 0 amide bonds. The van der Waals surface area contributed by atoms with Crippen molar-refractivity contribution in [3.63, 3.8) is 0 Å². The lowest BCUT2D eigenvalue weighted by atomic mass is 10.8. The Morgan fingerprint density at radius 2 is 1.60 bits per heavy atom. The minimum atomic E-state index is -3.82. The van der Waals surface area contributed by atoms with Crippen LogP contribution in [0.4, 0.5) is 0 Å². The van der Waals surface area contributed by atoms with Crippen molar-refractivity contribution < 1.29 is 26.3 Å². The lowest BCUT2D eigenvalue weighted by molar-refractivity contribution is -0.438. The van der Waals surface area contributed by atoms with E-state index in [1.54, 1.807) is 0 Å². The summed E-state index contributed by atoms with van der Waals surface area (Å²) in [5.41, 5.74) is 0. The Hall–Kier alpha value is -0.210. The maximum absolute atomic E-state index is 10.2. The molecule has 0 aromatic carbocycles. The largest absolute Gasteiger partial charge is 0.445 e. The molecule has 0 aromatic rings.